The molecule has 2 nitrogen and oxygen atoms in total. The Bertz CT molecular complexity index is 404. The van der Waals surface area contributed by atoms with Crippen molar-refractivity contribution in [1.29, 1.82) is 0 Å². The fourth-order valence-corrected chi connectivity index (χ4v) is 1.46. The molecule has 76 valence electrons. The van der Waals surface area contributed by atoms with Crippen molar-refractivity contribution in [2.45, 2.75) is 27.2 Å². The summed E-state index contributed by atoms with van der Waals surface area (Å²) in [6, 6.07) is 5.38. The van der Waals surface area contributed by atoms with E-state index in [4.69, 9.17) is 0 Å². The van der Waals surface area contributed by atoms with Crippen LogP contribution in [0.1, 0.15) is 26.3 Å². The van der Waals surface area contributed by atoms with E-state index in [0.29, 0.717) is 5.75 Å². The van der Waals surface area contributed by atoms with Crippen molar-refractivity contribution in [2.24, 2.45) is 0 Å². The van der Waals surface area contributed by atoms with E-state index in [-0.39, 0.29) is 0 Å². The van der Waals surface area contributed by atoms with E-state index >= 15 is 0 Å². The Kier molecular flexibility index (Phi) is 3.57. The van der Waals surface area contributed by atoms with Crippen molar-refractivity contribution in [3.8, 4) is 5.75 Å². The standard InChI is InChI=1S/C10H11NO.C2H6/c1-2-7-6-11-10-4-3-8(12)5-9(7)10;1-2/h3-6,11-12H,2H2,1H3;1-2H3. The molecule has 1 heterocycles. The number of aryl methyl sites for hydroxylation is 1. The van der Waals surface area contributed by atoms with Crippen LogP contribution in [0.2, 0.25) is 0 Å². The Morgan fingerprint density at radius 2 is 2.00 bits per heavy atom. The molecule has 0 atom stereocenters. The van der Waals surface area contributed by atoms with Gasteiger partial charge in [-0.15, -0.1) is 0 Å². The Labute approximate surface area is 84.6 Å². The number of hydrogen-bond acceptors (Lipinski definition) is 1. The second-order valence-corrected chi connectivity index (χ2v) is 2.90. The number of aromatic amines is 1. The quantitative estimate of drug-likeness (QED) is 0.711. The van der Waals surface area contributed by atoms with Crippen molar-refractivity contribution in [1.82, 2.24) is 4.98 Å². The Morgan fingerprint density at radius 3 is 2.64 bits per heavy atom. The van der Waals surface area contributed by atoms with Gasteiger partial charge < -0.3 is 10.1 Å². The van der Waals surface area contributed by atoms with Gasteiger partial charge in [0.2, 0.25) is 0 Å². The minimum Gasteiger partial charge on any atom is -0.508 e. The molecule has 2 heteroatoms. The van der Waals surface area contributed by atoms with Crippen molar-refractivity contribution in [3.63, 3.8) is 0 Å². The van der Waals surface area contributed by atoms with Gasteiger partial charge in [0.05, 0.1) is 0 Å². The molecule has 0 saturated heterocycles. The van der Waals surface area contributed by atoms with E-state index in [2.05, 4.69) is 11.9 Å². The van der Waals surface area contributed by atoms with Crippen LogP contribution in [-0.2, 0) is 6.42 Å². The van der Waals surface area contributed by atoms with Gasteiger partial charge in [-0.3, -0.25) is 0 Å². The summed E-state index contributed by atoms with van der Waals surface area (Å²) in [5.41, 5.74) is 2.34. The van der Waals surface area contributed by atoms with Crippen LogP contribution in [-0.4, -0.2) is 10.1 Å². The molecule has 0 radical (unpaired) electrons. The molecule has 0 bridgehead atoms. The first kappa shape index (κ1) is 10.6. The molecule has 1 aromatic heterocycles. The van der Waals surface area contributed by atoms with E-state index in [9.17, 15) is 5.11 Å². The van der Waals surface area contributed by atoms with Crippen molar-refractivity contribution < 1.29 is 5.11 Å². The molecule has 0 saturated carbocycles. The third kappa shape index (κ3) is 1.90. The number of hydrogen-bond donors (Lipinski definition) is 2. The van der Waals surface area contributed by atoms with Gasteiger partial charge in [0.25, 0.3) is 0 Å². The first-order chi connectivity index (χ1) is 6.81. The highest BCUT2D eigenvalue weighted by molar-refractivity contribution is 5.84. The molecule has 0 spiro atoms. The molecular formula is C12H17NO. The number of phenols is 1. The van der Waals surface area contributed by atoms with Crippen molar-refractivity contribution in [2.75, 3.05) is 0 Å². The summed E-state index contributed by atoms with van der Waals surface area (Å²) < 4.78 is 0. The third-order valence-corrected chi connectivity index (χ3v) is 2.13. The molecule has 0 aliphatic carbocycles. The number of rotatable bonds is 1. The molecule has 2 rings (SSSR count). The molecule has 2 aromatic rings. The van der Waals surface area contributed by atoms with Crippen LogP contribution in [0.25, 0.3) is 10.9 Å². The van der Waals surface area contributed by atoms with E-state index in [1.807, 2.05) is 26.1 Å². The lowest BCUT2D eigenvalue weighted by Crippen LogP contribution is -1.74. The highest BCUT2D eigenvalue weighted by Gasteiger charge is 2.01. The number of H-pyrrole nitrogens is 1. The number of benzene rings is 1. The summed E-state index contributed by atoms with van der Waals surface area (Å²) >= 11 is 0. The van der Waals surface area contributed by atoms with Gasteiger partial charge in [0.1, 0.15) is 5.75 Å². The molecule has 0 aliphatic heterocycles. The number of nitrogens with one attached hydrogen (secondary N) is 1. The van der Waals surface area contributed by atoms with Crippen LogP contribution in [0.5, 0.6) is 5.75 Å². The number of aromatic hydroxyl groups is 1. The van der Waals surface area contributed by atoms with Crippen LogP contribution in [0.4, 0.5) is 0 Å². The molecule has 0 amide bonds. The first-order valence-corrected chi connectivity index (χ1v) is 5.10. The van der Waals surface area contributed by atoms with E-state index < -0.39 is 0 Å². The lowest BCUT2D eigenvalue weighted by molar-refractivity contribution is 0.476. The van der Waals surface area contributed by atoms with Crippen LogP contribution < -0.4 is 0 Å². The largest absolute Gasteiger partial charge is 0.508 e. The topological polar surface area (TPSA) is 36.0 Å². The van der Waals surface area contributed by atoms with Gasteiger partial charge in [-0.05, 0) is 30.2 Å². The smallest absolute Gasteiger partial charge is 0.116 e. The van der Waals surface area contributed by atoms with Crippen molar-refractivity contribution in [3.05, 3.63) is 30.0 Å². The van der Waals surface area contributed by atoms with Gasteiger partial charge in [0.15, 0.2) is 0 Å². The molecule has 14 heavy (non-hydrogen) atoms. The van der Waals surface area contributed by atoms with E-state index in [0.717, 1.165) is 17.3 Å². The van der Waals surface area contributed by atoms with Gasteiger partial charge in [-0.25, -0.2) is 0 Å². The zero-order chi connectivity index (χ0) is 10.6. The van der Waals surface area contributed by atoms with Crippen LogP contribution >= 0.6 is 0 Å². The minimum absolute atomic E-state index is 0.330. The monoisotopic (exact) mass is 191 g/mol. The maximum absolute atomic E-state index is 9.25. The van der Waals surface area contributed by atoms with Gasteiger partial charge in [-0.2, -0.15) is 0 Å². The zero-order valence-electron chi connectivity index (χ0n) is 8.96. The fourth-order valence-electron chi connectivity index (χ4n) is 1.46. The molecular weight excluding hydrogens is 174 g/mol. The summed E-state index contributed by atoms with van der Waals surface area (Å²) in [4.78, 5) is 3.16. The summed E-state index contributed by atoms with van der Waals surface area (Å²) in [6.45, 7) is 6.10. The molecule has 2 N–H and O–H groups in total. The average Bonchev–Trinajstić information content (AvgIpc) is 2.63. The summed E-state index contributed by atoms with van der Waals surface area (Å²) in [6.07, 6.45) is 2.98. The maximum Gasteiger partial charge on any atom is 0.116 e. The Morgan fingerprint density at radius 1 is 1.29 bits per heavy atom. The van der Waals surface area contributed by atoms with E-state index in [1.54, 1.807) is 12.1 Å². The minimum atomic E-state index is 0.330. The second-order valence-electron chi connectivity index (χ2n) is 2.90. The molecule has 1 aromatic carbocycles. The normalized spacial score (nSPS) is 9.64. The summed E-state index contributed by atoms with van der Waals surface area (Å²) in [5, 5.41) is 10.4. The van der Waals surface area contributed by atoms with Gasteiger partial charge in [-0.1, -0.05) is 20.8 Å². The lowest BCUT2D eigenvalue weighted by atomic mass is 10.1. The van der Waals surface area contributed by atoms with Gasteiger partial charge >= 0.3 is 0 Å². The summed E-state index contributed by atoms with van der Waals surface area (Å²) in [5.74, 6) is 0.330. The second kappa shape index (κ2) is 4.70. The fraction of sp³-hybridized carbons (Fsp3) is 0.333. The third-order valence-electron chi connectivity index (χ3n) is 2.13. The van der Waals surface area contributed by atoms with E-state index in [1.165, 1.54) is 5.56 Å². The predicted molar refractivity (Wildman–Crippen MR) is 60.7 cm³/mol. The molecule has 0 unspecified atom stereocenters. The highest BCUT2D eigenvalue weighted by Crippen LogP contribution is 2.22. The van der Waals surface area contributed by atoms with Crippen molar-refractivity contribution >= 4 is 10.9 Å². The average molecular weight is 191 g/mol. The maximum atomic E-state index is 9.25. The van der Waals surface area contributed by atoms with Gasteiger partial charge in [0, 0.05) is 17.1 Å². The van der Waals surface area contributed by atoms with Crippen LogP contribution in [0, 0.1) is 0 Å². The summed E-state index contributed by atoms with van der Waals surface area (Å²) in [7, 11) is 0. The van der Waals surface area contributed by atoms with Crippen LogP contribution in [0.15, 0.2) is 24.4 Å². The highest BCUT2D eigenvalue weighted by atomic mass is 16.3. The molecule has 0 fully saturated rings. The lowest BCUT2D eigenvalue weighted by Gasteiger charge is -1.94. The number of aromatic nitrogens is 1. The Balaban J connectivity index is 0.000000461. The zero-order valence-corrected chi connectivity index (χ0v) is 8.96. The number of fused-ring (bicyclic) bond motifs is 1. The molecule has 0 aliphatic rings. The predicted octanol–water partition coefficient (Wildman–Crippen LogP) is 3.46. The Hall–Kier alpha value is -1.44. The SMILES string of the molecule is CC.CCc1c[nH]c2ccc(O)cc12. The first-order valence-electron chi connectivity index (χ1n) is 5.10. The van der Waals surface area contributed by atoms with Crippen LogP contribution in [0.3, 0.4) is 0 Å². The number of phenolic OH excluding ortho intramolecular Hbond substituents is 1.